The first-order valence-corrected chi connectivity index (χ1v) is 7.22. The van der Waals surface area contributed by atoms with Gasteiger partial charge in [0.25, 0.3) is 0 Å². The Balaban J connectivity index is 2.11. The molecule has 0 amide bonds. The van der Waals surface area contributed by atoms with Crippen molar-refractivity contribution in [2.45, 2.75) is 32.4 Å². The van der Waals surface area contributed by atoms with Crippen LogP contribution in [0.4, 0.5) is 0 Å². The molecule has 1 fully saturated rings. The van der Waals surface area contributed by atoms with Gasteiger partial charge in [0.15, 0.2) is 0 Å². The summed E-state index contributed by atoms with van der Waals surface area (Å²) in [5.41, 5.74) is 8.31. The highest BCUT2D eigenvalue weighted by molar-refractivity contribution is 5.18. The molecular formula is C15H26N4. The van der Waals surface area contributed by atoms with E-state index >= 15 is 0 Å². The molecule has 2 atom stereocenters. The molecule has 4 heteroatoms. The van der Waals surface area contributed by atoms with Crippen LogP contribution in [0, 0.1) is 6.92 Å². The average molecular weight is 262 g/mol. The number of aromatic nitrogens is 1. The second-order valence-corrected chi connectivity index (χ2v) is 5.52. The molecule has 2 heterocycles. The van der Waals surface area contributed by atoms with Gasteiger partial charge in [-0.2, -0.15) is 0 Å². The van der Waals surface area contributed by atoms with Gasteiger partial charge in [-0.1, -0.05) is 13.0 Å². The molecule has 1 aliphatic heterocycles. The summed E-state index contributed by atoms with van der Waals surface area (Å²) in [5.74, 6) is 0. The van der Waals surface area contributed by atoms with Gasteiger partial charge in [-0.15, -0.1) is 0 Å². The maximum Gasteiger partial charge on any atom is 0.0486 e. The molecule has 1 aliphatic rings. The van der Waals surface area contributed by atoms with Crippen molar-refractivity contribution in [2.75, 3.05) is 33.2 Å². The Labute approximate surface area is 116 Å². The van der Waals surface area contributed by atoms with Crippen LogP contribution < -0.4 is 5.73 Å². The molecule has 2 N–H and O–H groups in total. The number of rotatable bonds is 4. The van der Waals surface area contributed by atoms with E-state index in [2.05, 4.69) is 40.9 Å². The molecule has 2 unspecified atom stereocenters. The number of piperazine rings is 1. The molecular weight excluding hydrogens is 236 g/mol. The molecule has 0 spiro atoms. The van der Waals surface area contributed by atoms with Crippen LogP contribution in [0.1, 0.15) is 30.6 Å². The fourth-order valence-corrected chi connectivity index (χ4v) is 2.87. The Morgan fingerprint density at radius 1 is 1.42 bits per heavy atom. The highest BCUT2D eigenvalue weighted by Gasteiger charge is 2.28. The van der Waals surface area contributed by atoms with Gasteiger partial charge in [-0.05, 0) is 32.0 Å². The maximum atomic E-state index is 6.01. The number of likely N-dealkylation sites (N-methyl/N-ethyl adjacent to an activating group) is 1. The van der Waals surface area contributed by atoms with E-state index in [9.17, 15) is 0 Å². The lowest BCUT2D eigenvalue weighted by atomic mass is 10.0. The molecule has 0 saturated carbocycles. The average Bonchev–Trinajstić information content (AvgIpc) is 2.43. The van der Waals surface area contributed by atoms with E-state index < -0.39 is 0 Å². The molecule has 1 saturated heterocycles. The van der Waals surface area contributed by atoms with E-state index in [0.717, 1.165) is 25.3 Å². The summed E-state index contributed by atoms with van der Waals surface area (Å²) < 4.78 is 0. The molecule has 1 aromatic heterocycles. The number of hydrogen-bond donors (Lipinski definition) is 1. The standard InChI is InChI=1S/C15H26N4/c1-4-14-11-19(8-7-18(14)3)15(9-16)13-6-5-12(2)17-10-13/h5-6,10,14-15H,4,7-9,11,16H2,1-3H3. The number of pyridine rings is 1. The van der Waals surface area contributed by atoms with Gasteiger partial charge in [0.1, 0.15) is 0 Å². The van der Waals surface area contributed by atoms with Crippen LogP contribution in [0.3, 0.4) is 0 Å². The zero-order chi connectivity index (χ0) is 13.8. The first kappa shape index (κ1) is 14.4. The van der Waals surface area contributed by atoms with Gasteiger partial charge < -0.3 is 10.6 Å². The molecule has 0 aromatic carbocycles. The monoisotopic (exact) mass is 262 g/mol. The minimum atomic E-state index is 0.302. The fourth-order valence-electron chi connectivity index (χ4n) is 2.87. The SMILES string of the molecule is CCC1CN(C(CN)c2ccc(C)nc2)CCN1C. The Bertz CT molecular complexity index is 390. The molecule has 0 bridgehead atoms. The second kappa shape index (κ2) is 6.46. The van der Waals surface area contributed by atoms with Crippen molar-refractivity contribution in [2.24, 2.45) is 5.73 Å². The molecule has 106 valence electrons. The molecule has 4 nitrogen and oxygen atoms in total. The Morgan fingerprint density at radius 2 is 2.21 bits per heavy atom. The van der Waals surface area contributed by atoms with Gasteiger partial charge in [-0.25, -0.2) is 0 Å². The summed E-state index contributed by atoms with van der Waals surface area (Å²) in [7, 11) is 2.22. The minimum Gasteiger partial charge on any atom is -0.329 e. The van der Waals surface area contributed by atoms with Crippen LogP contribution in [-0.4, -0.2) is 54.1 Å². The van der Waals surface area contributed by atoms with Crippen LogP contribution in [0.5, 0.6) is 0 Å². The Kier molecular flexibility index (Phi) is 4.91. The van der Waals surface area contributed by atoms with Crippen molar-refractivity contribution < 1.29 is 0 Å². The molecule has 1 aromatic rings. The van der Waals surface area contributed by atoms with E-state index in [0.29, 0.717) is 18.6 Å². The summed E-state index contributed by atoms with van der Waals surface area (Å²) in [5, 5.41) is 0. The van der Waals surface area contributed by atoms with Crippen molar-refractivity contribution in [3.63, 3.8) is 0 Å². The predicted octanol–water partition coefficient (Wildman–Crippen LogP) is 1.42. The summed E-state index contributed by atoms with van der Waals surface area (Å²) in [6, 6.07) is 5.18. The summed E-state index contributed by atoms with van der Waals surface area (Å²) >= 11 is 0. The van der Waals surface area contributed by atoms with Crippen molar-refractivity contribution in [1.29, 1.82) is 0 Å². The van der Waals surface area contributed by atoms with E-state index in [1.54, 1.807) is 0 Å². The number of nitrogens with two attached hydrogens (primary N) is 1. The van der Waals surface area contributed by atoms with Crippen LogP contribution >= 0.6 is 0 Å². The minimum absolute atomic E-state index is 0.302. The highest BCUT2D eigenvalue weighted by atomic mass is 15.3. The normalized spacial score (nSPS) is 23.5. The van der Waals surface area contributed by atoms with Gasteiger partial charge in [0, 0.05) is 50.2 Å². The lowest BCUT2D eigenvalue weighted by molar-refractivity contribution is 0.0643. The van der Waals surface area contributed by atoms with Crippen molar-refractivity contribution in [3.05, 3.63) is 29.6 Å². The summed E-state index contributed by atoms with van der Waals surface area (Å²) in [6.07, 6.45) is 3.17. The smallest absolute Gasteiger partial charge is 0.0486 e. The fraction of sp³-hybridized carbons (Fsp3) is 0.667. The third-order valence-electron chi connectivity index (χ3n) is 4.26. The lowest BCUT2D eigenvalue weighted by Crippen LogP contribution is -2.53. The number of aryl methyl sites for hydroxylation is 1. The van der Waals surface area contributed by atoms with Crippen molar-refractivity contribution >= 4 is 0 Å². The largest absolute Gasteiger partial charge is 0.329 e. The van der Waals surface area contributed by atoms with Gasteiger partial charge >= 0.3 is 0 Å². The third kappa shape index (κ3) is 3.32. The molecule has 19 heavy (non-hydrogen) atoms. The van der Waals surface area contributed by atoms with Gasteiger partial charge in [0.2, 0.25) is 0 Å². The van der Waals surface area contributed by atoms with Crippen LogP contribution in [0.15, 0.2) is 18.3 Å². The lowest BCUT2D eigenvalue weighted by Gasteiger charge is -2.42. The van der Waals surface area contributed by atoms with Crippen LogP contribution in [0.25, 0.3) is 0 Å². The van der Waals surface area contributed by atoms with Crippen LogP contribution in [-0.2, 0) is 0 Å². The van der Waals surface area contributed by atoms with Crippen molar-refractivity contribution in [1.82, 2.24) is 14.8 Å². The number of nitrogens with zero attached hydrogens (tertiary/aromatic N) is 3. The molecule has 2 rings (SSSR count). The summed E-state index contributed by atoms with van der Waals surface area (Å²) in [4.78, 5) is 9.37. The third-order valence-corrected chi connectivity index (χ3v) is 4.26. The zero-order valence-electron chi connectivity index (χ0n) is 12.3. The van der Waals surface area contributed by atoms with E-state index in [1.807, 2.05) is 13.1 Å². The second-order valence-electron chi connectivity index (χ2n) is 5.52. The zero-order valence-corrected chi connectivity index (χ0v) is 12.3. The van der Waals surface area contributed by atoms with Crippen LogP contribution in [0.2, 0.25) is 0 Å². The molecule has 0 aliphatic carbocycles. The predicted molar refractivity (Wildman–Crippen MR) is 79.1 cm³/mol. The topological polar surface area (TPSA) is 45.4 Å². The molecule has 0 radical (unpaired) electrons. The van der Waals surface area contributed by atoms with Crippen molar-refractivity contribution in [3.8, 4) is 0 Å². The highest BCUT2D eigenvalue weighted by Crippen LogP contribution is 2.23. The first-order chi connectivity index (χ1) is 9.15. The first-order valence-electron chi connectivity index (χ1n) is 7.22. The van der Waals surface area contributed by atoms with E-state index in [-0.39, 0.29) is 0 Å². The number of hydrogen-bond acceptors (Lipinski definition) is 4. The van der Waals surface area contributed by atoms with E-state index in [4.69, 9.17) is 5.73 Å². The maximum absolute atomic E-state index is 6.01. The van der Waals surface area contributed by atoms with Gasteiger partial charge in [0.05, 0.1) is 0 Å². The Morgan fingerprint density at radius 3 is 2.79 bits per heavy atom. The van der Waals surface area contributed by atoms with E-state index in [1.165, 1.54) is 12.0 Å². The van der Waals surface area contributed by atoms with Gasteiger partial charge in [-0.3, -0.25) is 9.88 Å². The summed E-state index contributed by atoms with van der Waals surface area (Å²) in [6.45, 7) is 8.24. The Hall–Kier alpha value is -0.970. The quantitative estimate of drug-likeness (QED) is 0.891.